The predicted molar refractivity (Wildman–Crippen MR) is 121 cm³/mol. The number of hydrogen-bond acceptors (Lipinski definition) is 4. The number of benzene rings is 2. The van der Waals surface area contributed by atoms with Gasteiger partial charge in [0, 0.05) is 36.3 Å². The van der Waals surface area contributed by atoms with Crippen molar-refractivity contribution in [1.82, 2.24) is 9.88 Å². The maximum atomic E-state index is 12.5. The van der Waals surface area contributed by atoms with Crippen LogP contribution in [0.1, 0.15) is 6.42 Å². The van der Waals surface area contributed by atoms with Crippen molar-refractivity contribution in [3.8, 4) is 17.2 Å². The van der Waals surface area contributed by atoms with Crippen LogP contribution in [0.3, 0.4) is 0 Å². The molecule has 31 heavy (non-hydrogen) atoms. The summed E-state index contributed by atoms with van der Waals surface area (Å²) in [6, 6.07) is 16.1. The Morgan fingerprint density at radius 3 is 2.71 bits per heavy atom. The highest BCUT2D eigenvalue weighted by molar-refractivity contribution is 6.33. The number of carbonyl (C=O) groups excluding carboxylic acids is 1. The number of nitrogens with one attached hydrogen (secondary N) is 1. The fraction of sp³-hybridized carbons (Fsp3) is 0.217. The lowest BCUT2D eigenvalue weighted by atomic mass is 10.1. The molecule has 0 spiro atoms. The van der Waals surface area contributed by atoms with E-state index in [9.17, 15) is 4.79 Å². The van der Waals surface area contributed by atoms with Crippen molar-refractivity contribution in [3.05, 3.63) is 77.0 Å². The molecule has 1 aliphatic rings. The summed E-state index contributed by atoms with van der Waals surface area (Å²) >= 11 is 12.0. The van der Waals surface area contributed by atoms with Crippen molar-refractivity contribution >= 4 is 34.9 Å². The highest BCUT2D eigenvalue weighted by Crippen LogP contribution is 2.27. The van der Waals surface area contributed by atoms with E-state index in [1.165, 1.54) is 6.20 Å². The molecule has 0 bridgehead atoms. The second-order valence-electron chi connectivity index (χ2n) is 7.23. The number of ether oxygens (including phenoxy) is 2. The van der Waals surface area contributed by atoms with Crippen molar-refractivity contribution in [2.75, 3.05) is 25.0 Å². The van der Waals surface area contributed by atoms with Gasteiger partial charge >= 0.3 is 6.03 Å². The highest BCUT2D eigenvalue weighted by atomic mass is 35.5. The monoisotopic (exact) mass is 457 g/mol. The zero-order chi connectivity index (χ0) is 21.6. The van der Waals surface area contributed by atoms with E-state index in [1.807, 2.05) is 36.4 Å². The van der Waals surface area contributed by atoms with E-state index in [-0.39, 0.29) is 11.9 Å². The van der Waals surface area contributed by atoms with E-state index in [1.54, 1.807) is 29.3 Å². The minimum Gasteiger partial charge on any atom is -0.493 e. The molecule has 1 aromatic heterocycles. The van der Waals surface area contributed by atoms with Gasteiger partial charge in [-0.25, -0.2) is 4.79 Å². The molecular weight excluding hydrogens is 437 g/mol. The lowest BCUT2D eigenvalue weighted by Gasteiger charge is -2.18. The van der Waals surface area contributed by atoms with E-state index >= 15 is 0 Å². The molecular formula is C23H21Cl2N3O3. The first-order chi connectivity index (χ1) is 15.1. The predicted octanol–water partition coefficient (Wildman–Crippen LogP) is 6.11. The maximum Gasteiger partial charge on any atom is 0.321 e. The number of amides is 2. The Labute approximate surface area is 190 Å². The number of aromatic nitrogens is 1. The van der Waals surface area contributed by atoms with Crippen LogP contribution in [0.15, 0.2) is 67.0 Å². The molecule has 4 rings (SSSR count). The van der Waals surface area contributed by atoms with Gasteiger partial charge in [0.2, 0.25) is 0 Å². The summed E-state index contributed by atoms with van der Waals surface area (Å²) in [6.45, 7) is 1.80. The molecule has 2 heterocycles. The first-order valence-corrected chi connectivity index (χ1v) is 10.6. The minimum absolute atomic E-state index is 0.184. The SMILES string of the molecule is O=C(Nc1cnccc1Cl)N1CC[C@@H](COc2cccc(Oc3ccc(Cl)cc3)c2)C1. The molecule has 3 aromatic rings. The Bertz CT molecular complexity index is 1050. The second-order valence-corrected chi connectivity index (χ2v) is 8.07. The van der Waals surface area contributed by atoms with Gasteiger partial charge in [-0.05, 0) is 48.9 Å². The summed E-state index contributed by atoms with van der Waals surface area (Å²) in [6.07, 6.45) is 3.99. The molecule has 8 heteroatoms. The molecule has 0 aliphatic carbocycles. The van der Waals surface area contributed by atoms with Crippen molar-refractivity contribution in [2.45, 2.75) is 6.42 Å². The standard InChI is InChI=1S/C23H21Cl2N3O3/c24-17-4-6-18(7-5-17)31-20-3-1-2-19(12-20)30-15-16-9-11-28(14-16)23(29)27-22-13-26-10-8-21(22)25/h1-8,10,12-13,16H,9,11,14-15H2,(H,27,29)/t16-/m1/s1. The zero-order valence-electron chi connectivity index (χ0n) is 16.6. The number of anilines is 1. The summed E-state index contributed by atoms with van der Waals surface area (Å²) in [5.41, 5.74) is 0.506. The minimum atomic E-state index is -0.184. The topological polar surface area (TPSA) is 63.7 Å². The molecule has 2 amide bonds. The average molecular weight is 458 g/mol. The first kappa shape index (κ1) is 21.3. The molecule has 160 valence electrons. The first-order valence-electron chi connectivity index (χ1n) is 9.88. The molecule has 0 saturated carbocycles. The van der Waals surface area contributed by atoms with E-state index < -0.39 is 0 Å². The Balaban J connectivity index is 1.27. The number of carbonyl (C=O) groups is 1. The number of rotatable bonds is 6. The van der Waals surface area contributed by atoms with Gasteiger partial charge in [0.1, 0.15) is 17.2 Å². The van der Waals surface area contributed by atoms with Crippen LogP contribution in [0, 0.1) is 5.92 Å². The Morgan fingerprint density at radius 2 is 1.90 bits per heavy atom. The third-order valence-corrected chi connectivity index (χ3v) is 5.50. The summed E-state index contributed by atoms with van der Waals surface area (Å²) in [5, 5.41) is 3.93. The average Bonchev–Trinajstić information content (AvgIpc) is 3.25. The van der Waals surface area contributed by atoms with Crippen LogP contribution in [0.2, 0.25) is 10.0 Å². The number of halogens is 2. The van der Waals surface area contributed by atoms with Crippen LogP contribution >= 0.6 is 23.2 Å². The van der Waals surface area contributed by atoms with Crippen LogP contribution < -0.4 is 14.8 Å². The Hall–Kier alpha value is -2.96. The summed E-state index contributed by atoms with van der Waals surface area (Å²) in [4.78, 5) is 18.2. The van der Waals surface area contributed by atoms with Crippen molar-refractivity contribution < 1.29 is 14.3 Å². The number of nitrogens with zero attached hydrogens (tertiary/aromatic N) is 2. The van der Waals surface area contributed by atoms with Gasteiger partial charge < -0.3 is 19.7 Å². The van der Waals surface area contributed by atoms with Crippen LogP contribution in [-0.4, -0.2) is 35.6 Å². The van der Waals surface area contributed by atoms with E-state index in [4.69, 9.17) is 32.7 Å². The molecule has 0 unspecified atom stereocenters. The lowest BCUT2D eigenvalue weighted by molar-refractivity contribution is 0.214. The van der Waals surface area contributed by atoms with E-state index in [0.29, 0.717) is 46.9 Å². The fourth-order valence-corrected chi connectivity index (χ4v) is 3.58. The molecule has 2 aromatic carbocycles. The van der Waals surface area contributed by atoms with Gasteiger partial charge in [-0.15, -0.1) is 0 Å². The summed E-state index contributed by atoms with van der Waals surface area (Å²) in [5.74, 6) is 2.35. The number of pyridine rings is 1. The van der Waals surface area contributed by atoms with Gasteiger partial charge in [-0.3, -0.25) is 4.98 Å². The zero-order valence-corrected chi connectivity index (χ0v) is 18.1. The number of urea groups is 1. The van der Waals surface area contributed by atoms with Gasteiger partial charge in [0.15, 0.2) is 0 Å². The van der Waals surface area contributed by atoms with Crippen LogP contribution in [0.5, 0.6) is 17.2 Å². The fourth-order valence-electron chi connectivity index (χ4n) is 3.30. The highest BCUT2D eigenvalue weighted by Gasteiger charge is 2.27. The van der Waals surface area contributed by atoms with Crippen molar-refractivity contribution in [1.29, 1.82) is 0 Å². The summed E-state index contributed by atoms with van der Waals surface area (Å²) < 4.78 is 11.8. The smallest absolute Gasteiger partial charge is 0.321 e. The third kappa shape index (κ3) is 5.81. The number of likely N-dealkylation sites (tertiary alicyclic amines) is 1. The molecule has 1 aliphatic heterocycles. The van der Waals surface area contributed by atoms with Gasteiger partial charge in [-0.1, -0.05) is 29.3 Å². The van der Waals surface area contributed by atoms with Gasteiger partial charge in [0.25, 0.3) is 0 Å². The van der Waals surface area contributed by atoms with Crippen molar-refractivity contribution in [2.24, 2.45) is 5.92 Å². The molecule has 0 radical (unpaired) electrons. The molecule has 6 nitrogen and oxygen atoms in total. The van der Waals surface area contributed by atoms with E-state index in [2.05, 4.69) is 10.3 Å². The van der Waals surface area contributed by atoms with Crippen molar-refractivity contribution in [3.63, 3.8) is 0 Å². The number of hydrogen-bond donors (Lipinski definition) is 1. The second kappa shape index (κ2) is 9.90. The quantitative estimate of drug-likeness (QED) is 0.484. The maximum absolute atomic E-state index is 12.5. The molecule has 1 fully saturated rings. The normalized spacial score (nSPS) is 15.5. The summed E-state index contributed by atoms with van der Waals surface area (Å²) in [7, 11) is 0. The molecule has 1 saturated heterocycles. The third-order valence-electron chi connectivity index (χ3n) is 4.92. The molecule has 1 N–H and O–H groups in total. The van der Waals surface area contributed by atoms with Gasteiger partial charge in [0.05, 0.1) is 23.5 Å². The Morgan fingerprint density at radius 1 is 1.10 bits per heavy atom. The van der Waals surface area contributed by atoms with Crippen LogP contribution in [0.25, 0.3) is 0 Å². The molecule has 1 atom stereocenters. The van der Waals surface area contributed by atoms with E-state index in [0.717, 1.165) is 12.2 Å². The largest absolute Gasteiger partial charge is 0.493 e. The van der Waals surface area contributed by atoms with Gasteiger partial charge in [-0.2, -0.15) is 0 Å². The Kier molecular flexibility index (Phi) is 6.79. The van der Waals surface area contributed by atoms with Crippen LogP contribution in [-0.2, 0) is 0 Å². The van der Waals surface area contributed by atoms with Crippen LogP contribution in [0.4, 0.5) is 10.5 Å². The lowest BCUT2D eigenvalue weighted by Crippen LogP contribution is -2.33.